The number of anilines is 1. The quantitative estimate of drug-likeness (QED) is 0.855. The predicted molar refractivity (Wildman–Crippen MR) is 78.9 cm³/mol. The molecule has 0 saturated heterocycles. The molecule has 21 heavy (non-hydrogen) atoms. The van der Waals surface area contributed by atoms with Crippen LogP contribution in [0, 0.1) is 6.92 Å². The van der Waals surface area contributed by atoms with Crippen LogP contribution in [0.25, 0.3) is 0 Å². The number of hydrogen-bond acceptors (Lipinski definition) is 4. The van der Waals surface area contributed by atoms with Crippen molar-refractivity contribution in [1.29, 1.82) is 0 Å². The maximum absolute atomic E-state index is 11.7. The third kappa shape index (κ3) is 3.65. The molecule has 6 nitrogen and oxygen atoms in total. The van der Waals surface area contributed by atoms with Crippen molar-refractivity contribution >= 4 is 11.6 Å². The second kappa shape index (κ2) is 5.63. The first kappa shape index (κ1) is 13.7. The van der Waals surface area contributed by atoms with Gasteiger partial charge in [-0.05, 0) is 38.8 Å². The molecule has 2 aromatic heterocycles. The van der Waals surface area contributed by atoms with Crippen molar-refractivity contribution in [3.63, 3.8) is 0 Å². The molecular formula is C15H20N4O2. The molecule has 112 valence electrons. The lowest BCUT2D eigenvalue weighted by Crippen LogP contribution is -2.29. The van der Waals surface area contributed by atoms with E-state index in [9.17, 15) is 4.79 Å². The lowest BCUT2D eigenvalue weighted by Gasteiger charge is -2.10. The van der Waals surface area contributed by atoms with E-state index in [0.717, 1.165) is 30.0 Å². The highest BCUT2D eigenvalue weighted by atomic mass is 16.3. The van der Waals surface area contributed by atoms with Gasteiger partial charge in [-0.25, -0.2) is 0 Å². The Morgan fingerprint density at radius 1 is 1.52 bits per heavy atom. The van der Waals surface area contributed by atoms with Crippen LogP contribution in [0.1, 0.15) is 37.3 Å². The Morgan fingerprint density at radius 3 is 3.00 bits per heavy atom. The monoisotopic (exact) mass is 288 g/mol. The molecule has 1 saturated carbocycles. The lowest BCUT2D eigenvalue weighted by atomic mass is 10.2. The van der Waals surface area contributed by atoms with E-state index in [1.165, 1.54) is 0 Å². The number of carbonyl (C=O) groups is 1. The van der Waals surface area contributed by atoms with E-state index >= 15 is 0 Å². The minimum absolute atomic E-state index is 0.0156. The van der Waals surface area contributed by atoms with Crippen molar-refractivity contribution in [1.82, 2.24) is 15.1 Å². The Hall–Kier alpha value is -2.24. The van der Waals surface area contributed by atoms with Gasteiger partial charge in [-0.3, -0.25) is 9.48 Å². The normalized spacial score (nSPS) is 15.7. The zero-order valence-electron chi connectivity index (χ0n) is 12.3. The molecule has 1 aliphatic carbocycles. The topological polar surface area (TPSA) is 72.1 Å². The van der Waals surface area contributed by atoms with Gasteiger partial charge in [0.1, 0.15) is 18.1 Å². The second-order valence-corrected chi connectivity index (χ2v) is 5.58. The molecule has 2 heterocycles. The summed E-state index contributed by atoms with van der Waals surface area (Å²) in [6.45, 7) is 4.20. The minimum atomic E-state index is 0.0156. The first-order valence-electron chi connectivity index (χ1n) is 7.25. The number of aryl methyl sites for hydroxylation is 1. The zero-order valence-corrected chi connectivity index (χ0v) is 12.3. The molecule has 0 radical (unpaired) electrons. The summed E-state index contributed by atoms with van der Waals surface area (Å²) in [5.41, 5.74) is 0.871. The van der Waals surface area contributed by atoms with E-state index in [1.807, 2.05) is 32.2 Å². The largest absolute Gasteiger partial charge is 0.464 e. The van der Waals surface area contributed by atoms with Crippen molar-refractivity contribution in [3.8, 4) is 0 Å². The van der Waals surface area contributed by atoms with Crippen molar-refractivity contribution < 1.29 is 9.21 Å². The fourth-order valence-corrected chi connectivity index (χ4v) is 2.18. The molecule has 6 heteroatoms. The van der Waals surface area contributed by atoms with Crippen molar-refractivity contribution in [2.45, 2.75) is 45.3 Å². The van der Waals surface area contributed by atoms with Crippen LogP contribution in [-0.4, -0.2) is 21.7 Å². The number of rotatable bonds is 6. The SMILES string of the molecule is Cc1ccc(C(C)Nc2cnn(CC(=O)NC3CC3)c2)o1. The number of amides is 1. The van der Waals surface area contributed by atoms with Gasteiger partial charge in [0.25, 0.3) is 0 Å². The average molecular weight is 288 g/mol. The van der Waals surface area contributed by atoms with E-state index in [0.29, 0.717) is 6.04 Å². The lowest BCUT2D eigenvalue weighted by molar-refractivity contribution is -0.122. The highest BCUT2D eigenvalue weighted by Gasteiger charge is 2.23. The molecule has 0 aliphatic heterocycles. The molecule has 0 aromatic carbocycles. The zero-order chi connectivity index (χ0) is 14.8. The van der Waals surface area contributed by atoms with Crippen molar-refractivity contribution in [3.05, 3.63) is 36.0 Å². The van der Waals surface area contributed by atoms with Gasteiger partial charge in [0, 0.05) is 12.2 Å². The summed E-state index contributed by atoms with van der Waals surface area (Å²) in [5.74, 6) is 1.79. The van der Waals surface area contributed by atoms with Crippen LogP contribution in [0.4, 0.5) is 5.69 Å². The fourth-order valence-electron chi connectivity index (χ4n) is 2.18. The van der Waals surface area contributed by atoms with Crippen LogP contribution in [-0.2, 0) is 11.3 Å². The number of nitrogens with one attached hydrogen (secondary N) is 2. The van der Waals surface area contributed by atoms with Gasteiger partial charge in [0.15, 0.2) is 0 Å². The van der Waals surface area contributed by atoms with Crippen LogP contribution in [0.3, 0.4) is 0 Å². The van der Waals surface area contributed by atoms with Gasteiger partial charge in [0.2, 0.25) is 5.91 Å². The molecule has 2 N–H and O–H groups in total. The van der Waals surface area contributed by atoms with Gasteiger partial charge in [-0.2, -0.15) is 5.10 Å². The van der Waals surface area contributed by atoms with Gasteiger partial charge in [0.05, 0.1) is 17.9 Å². The van der Waals surface area contributed by atoms with Crippen molar-refractivity contribution in [2.24, 2.45) is 0 Å². The van der Waals surface area contributed by atoms with E-state index in [2.05, 4.69) is 15.7 Å². The third-order valence-electron chi connectivity index (χ3n) is 3.45. The highest BCUT2D eigenvalue weighted by molar-refractivity contribution is 5.76. The maximum atomic E-state index is 11.7. The van der Waals surface area contributed by atoms with Crippen LogP contribution in [0.5, 0.6) is 0 Å². The summed E-state index contributed by atoms with van der Waals surface area (Å²) in [6, 6.07) is 4.34. The van der Waals surface area contributed by atoms with Gasteiger partial charge in [-0.15, -0.1) is 0 Å². The number of aromatic nitrogens is 2. The van der Waals surface area contributed by atoms with Crippen LogP contribution in [0.15, 0.2) is 28.9 Å². The highest BCUT2D eigenvalue weighted by Crippen LogP contribution is 2.21. The summed E-state index contributed by atoms with van der Waals surface area (Å²) in [4.78, 5) is 11.7. The van der Waals surface area contributed by atoms with Crippen molar-refractivity contribution in [2.75, 3.05) is 5.32 Å². The minimum Gasteiger partial charge on any atom is -0.464 e. The van der Waals surface area contributed by atoms with Crippen LogP contribution >= 0.6 is 0 Å². The summed E-state index contributed by atoms with van der Waals surface area (Å²) in [5, 5.41) is 10.5. The van der Waals surface area contributed by atoms with Crippen LogP contribution < -0.4 is 10.6 Å². The Balaban J connectivity index is 1.55. The number of hydrogen-bond donors (Lipinski definition) is 2. The fraction of sp³-hybridized carbons (Fsp3) is 0.467. The molecule has 0 spiro atoms. The molecule has 1 aliphatic rings. The van der Waals surface area contributed by atoms with E-state index in [4.69, 9.17) is 4.42 Å². The number of furan rings is 1. The smallest absolute Gasteiger partial charge is 0.241 e. The number of carbonyl (C=O) groups excluding carboxylic acids is 1. The summed E-state index contributed by atoms with van der Waals surface area (Å²) in [6.07, 6.45) is 5.74. The maximum Gasteiger partial charge on any atom is 0.241 e. The van der Waals surface area contributed by atoms with Gasteiger partial charge in [-0.1, -0.05) is 0 Å². The summed E-state index contributed by atoms with van der Waals surface area (Å²) in [7, 11) is 0. The predicted octanol–water partition coefficient (Wildman–Crippen LogP) is 2.24. The first-order chi connectivity index (χ1) is 10.1. The molecular weight excluding hydrogens is 268 g/mol. The number of nitrogens with zero attached hydrogens (tertiary/aromatic N) is 2. The molecule has 1 unspecified atom stereocenters. The molecule has 1 atom stereocenters. The Kier molecular flexibility index (Phi) is 3.68. The van der Waals surface area contributed by atoms with E-state index in [1.54, 1.807) is 10.9 Å². The summed E-state index contributed by atoms with van der Waals surface area (Å²) >= 11 is 0. The molecule has 0 bridgehead atoms. The first-order valence-corrected chi connectivity index (χ1v) is 7.25. The second-order valence-electron chi connectivity index (χ2n) is 5.58. The van der Waals surface area contributed by atoms with Gasteiger partial charge >= 0.3 is 0 Å². The Bertz CT molecular complexity index is 627. The Labute approximate surface area is 123 Å². The Morgan fingerprint density at radius 2 is 2.33 bits per heavy atom. The molecule has 1 fully saturated rings. The van der Waals surface area contributed by atoms with Crippen LogP contribution in [0.2, 0.25) is 0 Å². The standard InChI is InChI=1S/C15H20N4O2/c1-10-3-6-14(21-10)11(2)17-13-7-16-19(8-13)9-15(20)18-12-4-5-12/h3,6-8,11-12,17H,4-5,9H2,1-2H3,(H,18,20). The molecule has 3 rings (SSSR count). The third-order valence-corrected chi connectivity index (χ3v) is 3.45. The van der Waals surface area contributed by atoms with E-state index in [-0.39, 0.29) is 18.5 Å². The summed E-state index contributed by atoms with van der Waals surface area (Å²) < 4.78 is 7.22. The van der Waals surface area contributed by atoms with Gasteiger partial charge < -0.3 is 15.1 Å². The molecule has 1 amide bonds. The average Bonchev–Trinajstić information content (AvgIpc) is 2.95. The van der Waals surface area contributed by atoms with E-state index < -0.39 is 0 Å². The molecule has 2 aromatic rings.